The number of carbonyl (C=O) groups is 1. The largest absolute Gasteiger partial charge is 0.316 e. The number of hydrogen-bond donors (Lipinski definition) is 2. The summed E-state index contributed by atoms with van der Waals surface area (Å²) in [6, 6.07) is 0. The van der Waals surface area contributed by atoms with Crippen molar-refractivity contribution in [2.24, 2.45) is 0 Å². The van der Waals surface area contributed by atoms with Gasteiger partial charge in [0.1, 0.15) is 0 Å². The summed E-state index contributed by atoms with van der Waals surface area (Å²) in [6.07, 6.45) is -1.83. The van der Waals surface area contributed by atoms with E-state index < -0.39 is 6.16 Å². The molecule has 2 N–H and O–H groups in total. The van der Waals surface area contributed by atoms with Crippen molar-refractivity contribution in [1.82, 2.24) is 0 Å². The topological polar surface area (TPSA) is 57.5 Å². The van der Waals surface area contributed by atoms with E-state index in [9.17, 15) is 0 Å². The molecule has 0 atom stereocenters. The molecule has 0 aliphatic heterocycles. The van der Waals surface area contributed by atoms with Crippen LogP contribution in [0.4, 0.5) is 4.79 Å². The van der Waals surface area contributed by atoms with Crippen LogP contribution in [0.15, 0.2) is 0 Å². The van der Waals surface area contributed by atoms with Crippen molar-refractivity contribution >= 4 is 80.6 Å². The minimum Gasteiger partial charge on any atom is 0.316 e. The van der Waals surface area contributed by atoms with Crippen LogP contribution in [0.1, 0.15) is 0 Å². The Morgan fingerprint density at radius 2 is 1.33 bits per heavy atom. The Kier molecular flexibility index (Phi) is 25.6. The number of hydrogen-bond acceptors (Lipinski definition) is 1. The number of carboxylic acid groups (broad SMARTS) is 2. The van der Waals surface area contributed by atoms with E-state index in [0.717, 1.165) is 0 Å². The molecule has 3 nitrogen and oxygen atoms in total. The predicted octanol–water partition coefficient (Wildman–Crippen LogP) is -1.34. The van der Waals surface area contributed by atoms with Crippen molar-refractivity contribution in [3.8, 4) is 0 Å². The van der Waals surface area contributed by atoms with Crippen LogP contribution in [0.25, 0.3) is 0 Å². The summed E-state index contributed by atoms with van der Waals surface area (Å²) in [7, 11) is 0. The first-order valence-corrected chi connectivity index (χ1v) is 0.651. The summed E-state index contributed by atoms with van der Waals surface area (Å²) in [5, 5.41) is 13.9. The second-order valence-corrected chi connectivity index (χ2v) is 0.283. The molecule has 0 unspecified atom stereocenters. The molecule has 0 saturated heterocycles. The van der Waals surface area contributed by atoms with Crippen LogP contribution in [-0.4, -0.2) is 90.8 Å². The molecule has 30 valence electrons. The first-order chi connectivity index (χ1) is 1.73. The molecule has 0 saturated carbocycles. The molecule has 0 heterocycles. The van der Waals surface area contributed by atoms with E-state index in [1.807, 2.05) is 0 Å². The maximum absolute atomic E-state index is 8.56. The fourth-order valence-electron chi connectivity index (χ4n) is 0. The van der Waals surface area contributed by atoms with E-state index in [1.54, 1.807) is 0 Å². The van der Waals surface area contributed by atoms with Gasteiger partial charge in [-0.05, 0) is 0 Å². The zero-order valence-electron chi connectivity index (χ0n) is 1.80. The van der Waals surface area contributed by atoms with Gasteiger partial charge >= 0.3 is 80.6 Å². The van der Waals surface area contributed by atoms with Crippen molar-refractivity contribution in [3.05, 3.63) is 0 Å². The van der Waals surface area contributed by atoms with Gasteiger partial charge in [-0.25, -0.2) is 4.79 Å². The molecule has 0 aromatic carbocycles. The molecule has 0 radical (unpaired) electrons. The Balaban J connectivity index is -0.0000000450. The molecular formula is CH5KMgO3. The van der Waals surface area contributed by atoms with Crippen molar-refractivity contribution in [3.63, 3.8) is 0 Å². The summed E-state index contributed by atoms with van der Waals surface area (Å²) in [6.45, 7) is 0. The van der Waals surface area contributed by atoms with Gasteiger partial charge in [0.15, 0.2) is 0 Å². The molecule has 0 amide bonds. The van der Waals surface area contributed by atoms with Gasteiger partial charge in [-0.2, -0.15) is 0 Å². The molecule has 0 aromatic rings. The van der Waals surface area contributed by atoms with Crippen LogP contribution < -0.4 is 0 Å². The average molecular weight is 128 g/mol. The van der Waals surface area contributed by atoms with Gasteiger partial charge in [-0.3, -0.25) is 0 Å². The summed E-state index contributed by atoms with van der Waals surface area (Å²) in [5.74, 6) is 0. The van der Waals surface area contributed by atoms with Gasteiger partial charge in [0, 0.05) is 0 Å². The average Bonchev–Trinajstić information content (AvgIpc) is 0.811. The van der Waals surface area contributed by atoms with Crippen LogP contribution in [0.3, 0.4) is 0 Å². The molecule has 0 spiro atoms. The zero-order valence-corrected chi connectivity index (χ0v) is 1.80. The fraction of sp³-hybridized carbons (Fsp3) is 0. The van der Waals surface area contributed by atoms with Gasteiger partial charge in [-0.1, -0.05) is 0 Å². The van der Waals surface area contributed by atoms with Crippen LogP contribution >= 0.6 is 0 Å². The minimum absolute atomic E-state index is 0. The third-order valence-corrected chi connectivity index (χ3v) is 0. The smallest absolute Gasteiger partial charge is 0.316 e. The van der Waals surface area contributed by atoms with Gasteiger partial charge in [-0.15, -0.1) is 0 Å². The van der Waals surface area contributed by atoms with Gasteiger partial charge in [0.25, 0.3) is 0 Å². The minimum atomic E-state index is -1.83. The standard InChI is InChI=1S/CH2O3.K.Mg.3H/c2-1(3)4;;;;;/h(H2,2,3,4);;;;;. The maximum atomic E-state index is 8.56. The normalized spacial score (nSPS) is 4.00. The number of rotatable bonds is 0. The van der Waals surface area contributed by atoms with E-state index in [4.69, 9.17) is 15.0 Å². The Labute approximate surface area is 93.7 Å². The van der Waals surface area contributed by atoms with Crippen molar-refractivity contribution in [1.29, 1.82) is 0 Å². The van der Waals surface area contributed by atoms with Gasteiger partial charge in [0.05, 0.1) is 0 Å². The van der Waals surface area contributed by atoms with E-state index >= 15 is 0 Å². The van der Waals surface area contributed by atoms with Crippen LogP contribution in [-0.2, 0) is 0 Å². The van der Waals surface area contributed by atoms with Crippen LogP contribution in [0.5, 0.6) is 0 Å². The zero-order chi connectivity index (χ0) is 3.58. The second-order valence-electron chi connectivity index (χ2n) is 0.283. The van der Waals surface area contributed by atoms with Crippen LogP contribution in [0, 0.1) is 0 Å². The Hall–Kier alpha value is 1.67. The Bertz CT molecular complexity index is 33.8. The van der Waals surface area contributed by atoms with E-state index in [0.29, 0.717) is 0 Å². The molecule has 6 heavy (non-hydrogen) atoms. The molecule has 0 aliphatic carbocycles. The SMILES string of the molecule is O=C(O)O.[KH].[MgH2]. The van der Waals surface area contributed by atoms with E-state index in [-0.39, 0.29) is 74.4 Å². The fourth-order valence-corrected chi connectivity index (χ4v) is 0. The summed E-state index contributed by atoms with van der Waals surface area (Å²) in [4.78, 5) is 8.56. The molecule has 0 rings (SSSR count). The summed E-state index contributed by atoms with van der Waals surface area (Å²) < 4.78 is 0. The third kappa shape index (κ3) is 44.3. The molecule has 0 aliphatic rings. The molecule has 0 bridgehead atoms. The van der Waals surface area contributed by atoms with Gasteiger partial charge < -0.3 is 10.2 Å². The van der Waals surface area contributed by atoms with E-state index in [2.05, 4.69) is 0 Å². The first kappa shape index (κ1) is 15.6. The van der Waals surface area contributed by atoms with Crippen LogP contribution in [0.2, 0.25) is 0 Å². The quantitative estimate of drug-likeness (QED) is 0.397. The Morgan fingerprint density at radius 3 is 1.33 bits per heavy atom. The Morgan fingerprint density at radius 1 is 1.33 bits per heavy atom. The van der Waals surface area contributed by atoms with Gasteiger partial charge in [0.2, 0.25) is 0 Å². The molecular weight excluding hydrogens is 123 g/mol. The molecule has 0 fully saturated rings. The third-order valence-electron chi connectivity index (χ3n) is 0. The summed E-state index contributed by atoms with van der Waals surface area (Å²) >= 11 is 0. The van der Waals surface area contributed by atoms with Crippen molar-refractivity contribution < 1.29 is 15.0 Å². The summed E-state index contributed by atoms with van der Waals surface area (Å²) in [5.41, 5.74) is 0. The molecule has 5 heteroatoms. The maximum Gasteiger partial charge on any atom is 0.316 e. The van der Waals surface area contributed by atoms with Crippen molar-refractivity contribution in [2.45, 2.75) is 0 Å². The first-order valence-electron chi connectivity index (χ1n) is 0.651. The second kappa shape index (κ2) is 9.83. The monoisotopic (exact) mass is 128 g/mol. The van der Waals surface area contributed by atoms with Crippen molar-refractivity contribution in [2.75, 3.05) is 0 Å². The predicted molar refractivity (Wildman–Crippen MR) is 26.3 cm³/mol. The molecule has 0 aromatic heterocycles. The van der Waals surface area contributed by atoms with E-state index in [1.165, 1.54) is 0 Å².